The fourth-order valence-corrected chi connectivity index (χ4v) is 2.92. The molecule has 0 amide bonds. The van der Waals surface area contributed by atoms with Gasteiger partial charge in [-0.05, 0) is 47.4 Å². The predicted molar refractivity (Wildman–Crippen MR) is 89.9 cm³/mol. The van der Waals surface area contributed by atoms with Crippen LogP contribution >= 0.6 is 0 Å². The summed E-state index contributed by atoms with van der Waals surface area (Å²) in [7, 11) is 0. The van der Waals surface area contributed by atoms with Gasteiger partial charge >= 0.3 is 6.18 Å². The Balaban J connectivity index is 1.60. The van der Waals surface area contributed by atoms with Gasteiger partial charge in [-0.2, -0.15) is 18.4 Å². The molecule has 2 N–H and O–H groups in total. The average Bonchev–Trinajstić information content (AvgIpc) is 3.31. The van der Waals surface area contributed by atoms with Gasteiger partial charge in [0.05, 0.1) is 5.56 Å². The van der Waals surface area contributed by atoms with Gasteiger partial charge < -0.3 is 9.52 Å². The number of H-pyrrole nitrogens is 1. The first-order valence-corrected chi connectivity index (χ1v) is 8.17. The van der Waals surface area contributed by atoms with E-state index in [-0.39, 0.29) is 30.0 Å². The lowest BCUT2D eigenvalue weighted by Gasteiger charge is -2.11. The van der Waals surface area contributed by atoms with Crippen molar-refractivity contribution in [2.75, 3.05) is 0 Å². The second-order valence-corrected chi connectivity index (χ2v) is 6.15. The molecule has 0 unspecified atom stereocenters. The molecule has 0 spiro atoms. The lowest BCUT2D eigenvalue weighted by atomic mass is 10.0. The van der Waals surface area contributed by atoms with Gasteiger partial charge in [0.2, 0.25) is 5.82 Å². The monoisotopic (exact) mass is 392 g/mol. The molecule has 0 saturated heterocycles. The maximum Gasteiger partial charge on any atom is 0.419 e. The highest BCUT2D eigenvalue weighted by Crippen LogP contribution is 2.36. The number of furan rings is 1. The topological polar surface area (TPSA) is 87.8 Å². The Kier molecular flexibility index (Phi) is 4.25. The summed E-state index contributed by atoms with van der Waals surface area (Å²) >= 11 is 0. The molecular weight excluding hydrogens is 380 g/mol. The number of tetrazole rings is 1. The molecule has 0 atom stereocenters. The minimum atomic E-state index is -4.66. The Morgan fingerprint density at radius 3 is 2.61 bits per heavy atom. The summed E-state index contributed by atoms with van der Waals surface area (Å²) in [5.41, 5.74) is -0.476. The largest absolute Gasteiger partial charge is 0.507 e. The van der Waals surface area contributed by atoms with E-state index >= 15 is 0 Å². The molecule has 28 heavy (non-hydrogen) atoms. The SMILES string of the molecule is Oc1ccc(CCc2ccc3cc(-c4nn[nH]n4)oc3c2F)cc1C(F)(F)F. The van der Waals surface area contributed by atoms with Crippen LogP contribution in [0, 0.1) is 5.82 Å². The number of fused-ring (bicyclic) bond motifs is 1. The highest BCUT2D eigenvalue weighted by atomic mass is 19.4. The number of hydrogen-bond acceptors (Lipinski definition) is 5. The molecule has 2 heterocycles. The molecule has 144 valence electrons. The van der Waals surface area contributed by atoms with Gasteiger partial charge in [0.1, 0.15) is 5.75 Å². The number of aryl methyl sites for hydroxylation is 2. The van der Waals surface area contributed by atoms with Gasteiger partial charge in [-0.25, -0.2) is 4.39 Å². The summed E-state index contributed by atoms with van der Waals surface area (Å²) in [5.74, 6) is -1.01. The molecular formula is C18H12F4N4O2. The quantitative estimate of drug-likeness (QED) is 0.507. The van der Waals surface area contributed by atoms with E-state index in [1.165, 1.54) is 6.07 Å². The number of hydrogen-bond donors (Lipinski definition) is 2. The minimum absolute atomic E-state index is 0.0130. The molecule has 0 radical (unpaired) electrons. The third-order valence-electron chi connectivity index (χ3n) is 4.32. The highest BCUT2D eigenvalue weighted by Gasteiger charge is 2.33. The van der Waals surface area contributed by atoms with Gasteiger partial charge in [0.15, 0.2) is 17.2 Å². The number of halogens is 4. The standard InChI is InChI=1S/C18H12F4N4O2/c19-15-10(3-1-9-2-6-13(27)12(7-9)18(20,21)22)4-5-11-8-14(28-16(11)15)17-23-25-26-24-17/h2,4-8,27H,1,3H2,(H,23,24,25,26). The van der Waals surface area contributed by atoms with Crippen molar-refractivity contribution in [1.82, 2.24) is 20.6 Å². The van der Waals surface area contributed by atoms with Gasteiger partial charge in [0.25, 0.3) is 0 Å². The second kappa shape index (κ2) is 6.63. The van der Waals surface area contributed by atoms with Crippen molar-refractivity contribution in [2.45, 2.75) is 19.0 Å². The smallest absolute Gasteiger partial charge is 0.419 e. The zero-order valence-corrected chi connectivity index (χ0v) is 14.1. The van der Waals surface area contributed by atoms with E-state index in [2.05, 4.69) is 20.6 Å². The van der Waals surface area contributed by atoms with Crippen LogP contribution in [0.5, 0.6) is 5.75 Å². The molecule has 0 aliphatic carbocycles. The van der Waals surface area contributed by atoms with Crippen LogP contribution in [0.3, 0.4) is 0 Å². The lowest BCUT2D eigenvalue weighted by molar-refractivity contribution is -0.138. The van der Waals surface area contributed by atoms with E-state index in [1.807, 2.05) is 0 Å². The van der Waals surface area contributed by atoms with Gasteiger partial charge in [-0.3, -0.25) is 0 Å². The van der Waals surface area contributed by atoms with E-state index < -0.39 is 23.3 Å². The molecule has 2 aromatic carbocycles. The predicted octanol–water partition coefficient (Wildman–Crippen LogP) is 4.26. The maximum absolute atomic E-state index is 14.8. The summed E-state index contributed by atoms with van der Waals surface area (Å²) in [4.78, 5) is 0. The van der Waals surface area contributed by atoms with Crippen LogP contribution in [0.25, 0.3) is 22.6 Å². The van der Waals surface area contributed by atoms with Crippen molar-refractivity contribution in [3.05, 3.63) is 58.9 Å². The van der Waals surface area contributed by atoms with Crippen LogP contribution in [0.4, 0.5) is 17.6 Å². The fourth-order valence-electron chi connectivity index (χ4n) is 2.92. The Morgan fingerprint density at radius 1 is 1.07 bits per heavy atom. The summed E-state index contributed by atoms with van der Waals surface area (Å²) < 4.78 is 59.0. The lowest BCUT2D eigenvalue weighted by Crippen LogP contribution is -2.06. The van der Waals surface area contributed by atoms with E-state index in [0.717, 1.165) is 12.1 Å². The van der Waals surface area contributed by atoms with Crippen molar-refractivity contribution in [3.63, 3.8) is 0 Å². The van der Waals surface area contributed by atoms with Crippen molar-refractivity contribution >= 4 is 11.0 Å². The Labute approximate surface area is 154 Å². The third-order valence-corrected chi connectivity index (χ3v) is 4.32. The summed E-state index contributed by atoms with van der Waals surface area (Å²) in [6, 6.07) is 8.01. The number of benzene rings is 2. The zero-order valence-electron chi connectivity index (χ0n) is 14.1. The Bertz CT molecular complexity index is 1140. The number of nitrogens with one attached hydrogen (secondary N) is 1. The second-order valence-electron chi connectivity index (χ2n) is 6.15. The normalized spacial score (nSPS) is 12.0. The Morgan fingerprint density at radius 2 is 1.89 bits per heavy atom. The first kappa shape index (κ1) is 18.0. The number of nitrogens with zero attached hydrogens (tertiary/aromatic N) is 3. The molecule has 4 rings (SSSR count). The number of aromatic amines is 1. The van der Waals surface area contributed by atoms with Crippen molar-refractivity contribution in [1.29, 1.82) is 0 Å². The van der Waals surface area contributed by atoms with Crippen LogP contribution in [0.2, 0.25) is 0 Å². The molecule has 0 aliphatic rings. The molecule has 10 heteroatoms. The molecule has 4 aromatic rings. The minimum Gasteiger partial charge on any atom is -0.507 e. The molecule has 6 nitrogen and oxygen atoms in total. The average molecular weight is 392 g/mol. The summed E-state index contributed by atoms with van der Waals surface area (Å²) in [5, 5.41) is 23.1. The van der Waals surface area contributed by atoms with Gasteiger partial charge in [0, 0.05) is 5.39 Å². The van der Waals surface area contributed by atoms with Gasteiger partial charge in [-0.1, -0.05) is 18.2 Å². The van der Waals surface area contributed by atoms with Crippen molar-refractivity contribution in [2.24, 2.45) is 0 Å². The number of phenolic OH excluding ortho intramolecular Hbond substituents is 1. The Hall–Kier alpha value is -3.43. The molecule has 2 aromatic heterocycles. The van der Waals surface area contributed by atoms with Crippen LogP contribution in [0.15, 0.2) is 40.8 Å². The zero-order chi connectivity index (χ0) is 19.9. The fraction of sp³-hybridized carbons (Fsp3) is 0.167. The van der Waals surface area contributed by atoms with Crippen LogP contribution < -0.4 is 0 Å². The van der Waals surface area contributed by atoms with Crippen LogP contribution in [-0.2, 0) is 19.0 Å². The van der Waals surface area contributed by atoms with Crippen LogP contribution in [0.1, 0.15) is 16.7 Å². The van der Waals surface area contributed by atoms with E-state index in [0.29, 0.717) is 16.5 Å². The van der Waals surface area contributed by atoms with Crippen molar-refractivity contribution in [3.8, 4) is 17.3 Å². The summed E-state index contributed by atoms with van der Waals surface area (Å²) in [6.07, 6.45) is -4.35. The number of alkyl halides is 3. The van der Waals surface area contributed by atoms with E-state index in [4.69, 9.17) is 4.42 Å². The maximum atomic E-state index is 14.8. The molecule has 0 bridgehead atoms. The number of phenols is 1. The first-order chi connectivity index (χ1) is 13.3. The van der Waals surface area contributed by atoms with Gasteiger partial charge in [-0.15, -0.1) is 10.2 Å². The molecule has 0 fully saturated rings. The third kappa shape index (κ3) is 3.28. The molecule has 0 saturated carbocycles. The first-order valence-electron chi connectivity index (χ1n) is 8.17. The molecule has 0 aliphatic heterocycles. The number of aromatic hydroxyl groups is 1. The number of aromatic nitrogens is 4. The summed E-state index contributed by atoms with van der Waals surface area (Å²) in [6.45, 7) is 0. The van der Waals surface area contributed by atoms with Crippen LogP contribution in [-0.4, -0.2) is 25.7 Å². The highest BCUT2D eigenvalue weighted by molar-refractivity contribution is 5.82. The van der Waals surface area contributed by atoms with E-state index in [1.54, 1.807) is 18.2 Å². The number of rotatable bonds is 4. The van der Waals surface area contributed by atoms with Crippen molar-refractivity contribution < 1.29 is 27.1 Å². The van der Waals surface area contributed by atoms with E-state index in [9.17, 15) is 22.7 Å².